The van der Waals surface area contributed by atoms with Gasteiger partial charge in [-0.3, -0.25) is 4.79 Å². The number of imidazole rings is 1. The van der Waals surface area contributed by atoms with Crippen LogP contribution >= 0.6 is 0 Å². The summed E-state index contributed by atoms with van der Waals surface area (Å²) in [7, 11) is 0. The molecule has 1 aliphatic carbocycles. The maximum absolute atomic E-state index is 13.2. The Kier molecular flexibility index (Phi) is 8.24. The first kappa shape index (κ1) is 26.3. The van der Waals surface area contributed by atoms with Crippen molar-refractivity contribution < 1.29 is 9.53 Å². The van der Waals surface area contributed by atoms with Gasteiger partial charge in [-0.25, -0.2) is 4.98 Å². The summed E-state index contributed by atoms with van der Waals surface area (Å²) in [6, 6.07) is 25.3. The van der Waals surface area contributed by atoms with Gasteiger partial charge < -0.3 is 20.4 Å². The molecule has 1 aromatic heterocycles. The topological polar surface area (TPSA) is 79.0 Å². The Bertz CT molecular complexity index is 1380. The number of carbonyl (C=O) groups is 1. The summed E-state index contributed by atoms with van der Waals surface area (Å²) >= 11 is 0. The second-order valence-electron chi connectivity index (χ2n) is 11.1. The van der Waals surface area contributed by atoms with Crippen LogP contribution in [0, 0.1) is 5.92 Å². The molecule has 6 heteroatoms. The molecule has 0 saturated heterocycles. The van der Waals surface area contributed by atoms with Crippen molar-refractivity contribution in [3.05, 3.63) is 108 Å². The normalized spacial score (nSPS) is 17.9. The van der Waals surface area contributed by atoms with Crippen LogP contribution in [0.25, 0.3) is 11.1 Å². The van der Waals surface area contributed by atoms with E-state index in [2.05, 4.69) is 75.2 Å². The summed E-state index contributed by atoms with van der Waals surface area (Å²) in [5, 5.41) is 7.07. The fraction of sp³-hybridized carbons (Fsp3) is 0.353. The predicted octanol–water partition coefficient (Wildman–Crippen LogP) is 6.78. The molecule has 6 nitrogen and oxygen atoms in total. The summed E-state index contributed by atoms with van der Waals surface area (Å²) < 4.78 is 6.12. The lowest BCUT2D eigenvalue weighted by molar-refractivity contribution is 0.0937. The zero-order valence-corrected chi connectivity index (χ0v) is 22.9. The second kappa shape index (κ2) is 12.5. The number of fused-ring (bicyclic) bond motifs is 1. The average Bonchev–Trinajstić information content (AvgIpc) is 3.56. The number of benzene rings is 3. The third-order valence-corrected chi connectivity index (χ3v) is 8.39. The number of nitrogens with zero attached hydrogens (tertiary/aromatic N) is 1. The fourth-order valence-electron chi connectivity index (χ4n) is 6.16. The Morgan fingerprint density at radius 3 is 2.50 bits per heavy atom. The van der Waals surface area contributed by atoms with Crippen LogP contribution in [-0.2, 0) is 6.42 Å². The molecule has 1 aliphatic heterocycles. The molecule has 6 rings (SSSR count). The van der Waals surface area contributed by atoms with Crippen LogP contribution in [0.4, 0.5) is 0 Å². The quantitative estimate of drug-likeness (QED) is 0.221. The van der Waals surface area contributed by atoms with Gasteiger partial charge in [-0.15, -0.1) is 0 Å². The minimum Gasteiger partial charge on any atom is -0.492 e. The van der Waals surface area contributed by atoms with Gasteiger partial charge in [0.1, 0.15) is 5.75 Å². The molecule has 4 aromatic rings. The van der Waals surface area contributed by atoms with Gasteiger partial charge in [-0.1, -0.05) is 86.0 Å². The number of amides is 1. The monoisotopic (exact) mass is 534 g/mol. The number of rotatable bonds is 9. The van der Waals surface area contributed by atoms with Crippen molar-refractivity contribution >= 4 is 5.91 Å². The Balaban J connectivity index is 1.18. The molecule has 1 fully saturated rings. The molecular formula is C34H38N4O2. The molecule has 2 atom stereocenters. The van der Waals surface area contributed by atoms with Crippen molar-refractivity contribution in [1.82, 2.24) is 20.6 Å². The van der Waals surface area contributed by atoms with Gasteiger partial charge in [0.15, 0.2) is 0 Å². The molecule has 1 amide bonds. The lowest BCUT2D eigenvalue weighted by Crippen LogP contribution is -2.34. The lowest BCUT2D eigenvalue weighted by atomic mass is 9.89. The minimum atomic E-state index is -0.0355. The van der Waals surface area contributed by atoms with Crippen molar-refractivity contribution in [3.8, 4) is 16.9 Å². The Morgan fingerprint density at radius 2 is 1.73 bits per heavy atom. The second-order valence-corrected chi connectivity index (χ2v) is 11.1. The van der Waals surface area contributed by atoms with E-state index in [0.717, 1.165) is 30.6 Å². The minimum absolute atomic E-state index is 0.0322. The van der Waals surface area contributed by atoms with E-state index in [9.17, 15) is 4.79 Å². The smallest absolute Gasteiger partial charge is 0.255 e. The van der Waals surface area contributed by atoms with Gasteiger partial charge in [-0.05, 0) is 47.9 Å². The van der Waals surface area contributed by atoms with Gasteiger partial charge in [-0.2, -0.15) is 0 Å². The van der Waals surface area contributed by atoms with E-state index in [-0.39, 0.29) is 18.0 Å². The SMILES string of the molecule is O=C(NCC1CCCCC1)c1cccc2c1OCCC2NC(Cc1ccc(-c2ccccc2)cc1)c1cnc[nH]1. The molecule has 0 bridgehead atoms. The van der Waals surface area contributed by atoms with Crippen LogP contribution in [0.2, 0.25) is 0 Å². The van der Waals surface area contributed by atoms with Crippen molar-refractivity contribution in [3.63, 3.8) is 0 Å². The molecule has 0 spiro atoms. The summed E-state index contributed by atoms with van der Waals surface area (Å²) in [5.41, 5.74) is 6.39. The number of para-hydroxylation sites is 1. The molecule has 1 saturated carbocycles. The summed E-state index contributed by atoms with van der Waals surface area (Å²) in [6.07, 6.45) is 11.5. The van der Waals surface area contributed by atoms with Crippen LogP contribution in [0.15, 0.2) is 85.3 Å². The van der Waals surface area contributed by atoms with E-state index in [1.807, 2.05) is 24.4 Å². The first-order valence-electron chi connectivity index (χ1n) is 14.7. The van der Waals surface area contributed by atoms with Crippen molar-refractivity contribution in [2.24, 2.45) is 5.92 Å². The molecule has 40 heavy (non-hydrogen) atoms. The Labute approximate surface area is 236 Å². The number of ether oxygens (including phenoxy) is 1. The predicted molar refractivity (Wildman–Crippen MR) is 158 cm³/mol. The molecule has 2 aliphatic rings. The standard InChI is InChI=1S/C34H38N4O2/c39-34(36-21-25-8-3-1-4-9-25)29-13-7-12-28-30(18-19-40-33(28)29)38-31(32-22-35-23-37-32)20-24-14-16-27(17-15-24)26-10-5-2-6-11-26/h2,5-7,10-17,22-23,25,30-31,38H,1,3-4,8-9,18-21H2,(H,35,37)(H,36,39). The third-order valence-electron chi connectivity index (χ3n) is 8.39. The third kappa shape index (κ3) is 6.13. The Hall–Kier alpha value is -3.90. The number of H-pyrrole nitrogens is 1. The highest BCUT2D eigenvalue weighted by Gasteiger charge is 2.29. The number of hydrogen-bond donors (Lipinski definition) is 3. The van der Waals surface area contributed by atoms with Gasteiger partial charge in [0.25, 0.3) is 5.91 Å². The average molecular weight is 535 g/mol. The first-order valence-corrected chi connectivity index (χ1v) is 14.7. The number of nitrogens with one attached hydrogen (secondary N) is 3. The van der Waals surface area contributed by atoms with Crippen molar-refractivity contribution in [2.75, 3.05) is 13.2 Å². The van der Waals surface area contributed by atoms with Crippen LogP contribution in [0.1, 0.15) is 77.8 Å². The summed E-state index contributed by atoms with van der Waals surface area (Å²) in [4.78, 5) is 20.8. The fourth-order valence-corrected chi connectivity index (χ4v) is 6.16. The molecule has 3 aromatic carbocycles. The van der Waals surface area contributed by atoms with Crippen LogP contribution in [0.5, 0.6) is 5.75 Å². The van der Waals surface area contributed by atoms with E-state index in [1.54, 1.807) is 6.33 Å². The number of hydrogen-bond acceptors (Lipinski definition) is 4. The van der Waals surface area contributed by atoms with Crippen molar-refractivity contribution in [1.29, 1.82) is 0 Å². The van der Waals surface area contributed by atoms with E-state index >= 15 is 0 Å². The lowest BCUT2D eigenvalue weighted by Gasteiger charge is -2.31. The van der Waals surface area contributed by atoms with Crippen LogP contribution < -0.4 is 15.4 Å². The molecule has 2 heterocycles. The van der Waals surface area contributed by atoms with Crippen molar-refractivity contribution in [2.45, 2.75) is 57.0 Å². The maximum atomic E-state index is 13.2. The molecule has 2 unspecified atom stereocenters. The number of aromatic amines is 1. The van der Waals surface area contributed by atoms with E-state index in [0.29, 0.717) is 23.8 Å². The highest BCUT2D eigenvalue weighted by Crippen LogP contribution is 2.37. The summed E-state index contributed by atoms with van der Waals surface area (Å²) in [5.74, 6) is 1.26. The molecular weight excluding hydrogens is 496 g/mol. The van der Waals surface area contributed by atoms with Crippen LogP contribution in [-0.4, -0.2) is 29.0 Å². The highest BCUT2D eigenvalue weighted by molar-refractivity contribution is 5.97. The van der Waals surface area contributed by atoms with E-state index < -0.39 is 0 Å². The largest absolute Gasteiger partial charge is 0.492 e. The summed E-state index contributed by atoms with van der Waals surface area (Å²) in [6.45, 7) is 1.31. The number of aromatic nitrogens is 2. The van der Waals surface area contributed by atoms with Gasteiger partial charge in [0, 0.05) is 30.8 Å². The van der Waals surface area contributed by atoms with E-state index in [4.69, 9.17) is 4.74 Å². The zero-order chi connectivity index (χ0) is 27.1. The van der Waals surface area contributed by atoms with E-state index in [1.165, 1.54) is 48.8 Å². The van der Waals surface area contributed by atoms with Gasteiger partial charge in [0.2, 0.25) is 0 Å². The maximum Gasteiger partial charge on any atom is 0.255 e. The zero-order valence-electron chi connectivity index (χ0n) is 22.9. The Morgan fingerprint density at radius 1 is 0.925 bits per heavy atom. The molecule has 0 radical (unpaired) electrons. The van der Waals surface area contributed by atoms with Crippen LogP contribution in [0.3, 0.4) is 0 Å². The molecule has 3 N–H and O–H groups in total. The highest BCUT2D eigenvalue weighted by atomic mass is 16.5. The van der Waals surface area contributed by atoms with Gasteiger partial charge >= 0.3 is 0 Å². The molecule has 206 valence electrons. The first-order chi connectivity index (χ1) is 19.7. The number of carbonyl (C=O) groups excluding carboxylic acids is 1. The van der Waals surface area contributed by atoms with Gasteiger partial charge in [0.05, 0.1) is 30.2 Å².